The third-order valence-electron chi connectivity index (χ3n) is 4.70. The fourth-order valence-corrected chi connectivity index (χ4v) is 4.16. The zero-order chi connectivity index (χ0) is 21.7. The van der Waals surface area contributed by atoms with Crippen LogP contribution in [0.25, 0.3) is 0 Å². The molecule has 0 aromatic heterocycles. The smallest absolute Gasteiger partial charge is 0.261 e. The van der Waals surface area contributed by atoms with Gasteiger partial charge in [-0.2, -0.15) is 0 Å². The molecule has 3 aromatic carbocycles. The van der Waals surface area contributed by atoms with Crippen LogP contribution in [0.5, 0.6) is 5.75 Å². The average Bonchev–Trinajstić information content (AvgIpc) is 2.75. The predicted molar refractivity (Wildman–Crippen MR) is 117 cm³/mol. The molecule has 3 rings (SSSR count). The minimum atomic E-state index is -3.69. The lowest BCUT2D eigenvalue weighted by molar-refractivity contribution is 0.0785. The van der Waals surface area contributed by atoms with Crippen molar-refractivity contribution in [1.29, 1.82) is 0 Å². The summed E-state index contributed by atoms with van der Waals surface area (Å²) in [7, 11) is -0.349. The molecule has 0 fully saturated rings. The summed E-state index contributed by atoms with van der Waals surface area (Å²) >= 11 is 0. The van der Waals surface area contributed by atoms with E-state index in [4.69, 9.17) is 4.74 Å². The number of sulfonamides is 1. The summed E-state index contributed by atoms with van der Waals surface area (Å²) in [5, 5.41) is 0. The fraction of sp³-hybridized carbons (Fsp3) is 0.174. The van der Waals surface area contributed by atoms with E-state index in [1.807, 2.05) is 24.3 Å². The molecule has 0 atom stereocenters. The molecule has 0 aliphatic rings. The van der Waals surface area contributed by atoms with Crippen molar-refractivity contribution >= 4 is 21.6 Å². The van der Waals surface area contributed by atoms with E-state index in [1.165, 1.54) is 12.1 Å². The molecule has 0 spiro atoms. The second-order valence-electron chi connectivity index (χ2n) is 6.96. The van der Waals surface area contributed by atoms with Crippen LogP contribution in [-0.2, 0) is 16.6 Å². The monoisotopic (exact) mass is 424 g/mol. The Bertz CT molecular complexity index is 1130. The quantitative estimate of drug-likeness (QED) is 0.620. The Balaban J connectivity index is 1.73. The molecule has 0 saturated carbocycles. The van der Waals surface area contributed by atoms with Gasteiger partial charge in [0, 0.05) is 19.2 Å². The van der Waals surface area contributed by atoms with Gasteiger partial charge in [0.25, 0.3) is 15.9 Å². The van der Waals surface area contributed by atoms with Crippen molar-refractivity contribution in [3.63, 3.8) is 0 Å². The van der Waals surface area contributed by atoms with E-state index in [-0.39, 0.29) is 10.8 Å². The van der Waals surface area contributed by atoms with Gasteiger partial charge in [-0.15, -0.1) is 0 Å². The van der Waals surface area contributed by atoms with Crippen molar-refractivity contribution in [2.75, 3.05) is 18.9 Å². The van der Waals surface area contributed by atoms with Crippen molar-refractivity contribution in [2.24, 2.45) is 0 Å². The maximum absolute atomic E-state index is 12.8. The van der Waals surface area contributed by atoms with Gasteiger partial charge in [0.1, 0.15) is 5.75 Å². The molecule has 0 aliphatic carbocycles. The highest BCUT2D eigenvalue weighted by Gasteiger charge is 2.17. The number of benzene rings is 3. The van der Waals surface area contributed by atoms with Gasteiger partial charge in [-0.1, -0.05) is 30.3 Å². The molecule has 0 aliphatic heterocycles. The summed E-state index contributed by atoms with van der Waals surface area (Å²) < 4.78 is 32.8. The van der Waals surface area contributed by atoms with Crippen LogP contribution >= 0.6 is 0 Å². The predicted octanol–water partition coefficient (Wildman–Crippen LogP) is 4.08. The topological polar surface area (TPSA) is 75.7 Å². The maximum Gasteiger partial charge on any atom is 0.261 e. The van der Waals surface area contributed by atoms with Crippen LogP contribution in [0.3, 0.4) is 0 Å². The molecular formula is C23H24N2O4S. The third kappa shape index (κ3) is 4.99. The summed E-state index contributed by atoms with van der Waals surface area (Å²) in [5.41, 5.74) is 2.58. The zero-order valence-electron chi connectivity index (χ0n) is 17.1. The minimum Gasteiger partial charge on any atom is -0.497 e. The number of nitrogens with one attached hydrogen (secondary N) is 1. The zero-order valence-corrected chi connectivity index (χ0v) is 17.9. The van der Waals surface area contributed by atoms with Gasteiger partial charge < -0.3 is 9.64 Å². The third-order valence-corrected chi connectivity index (χ3v) is 6.08. The number of anilines is 1. The molecule has 3 aromatic rings. The normalized spacial score (nSPS) is 11.0. The number of nitrogens with zero attached hydrogens (tertiary/aromatic N) is 1. The van der Waals surface area contributed by atoms with Crippen molar-refractivity contribution in [3.05, 3.63) is 89.5 Å². The second-order valence-corrected chi connectivity index (χ2v) is 8.64. The minimum absolute atomic E-state index is 0.147. The van der Waals surface area contributed by atoms with E-state index in [2.05, 4.69) is 4.72 Å². The Kier molecular flexibility index (Phi) is 6.42. The van der Waals surface area contributed by atoms with E-state index >= 15 is 0 Å². The summed E-state index contributed by atoms with van der Waals surface area (Å²) in [4.78, 5) is 14.6. The molecule has 0 unspecified atom stereocenters. The number of carbonyl (C=O) groups excluding carboxylic acids is 1. The van der Waals surface area contributed by atoms with Crippen molar-refractivity contribution in [2.45, 2.75) is 18.4 Å². The van der Waals surface area contributed by atoms with E-state index < -0.39 is 10.0 Å². The molecule has 0 bridgehead atoms. The van der Waals surface area contributed by atoms with Gasteiger partial charge >= 0.3 is 0 Å². The molecule has 7 heteroatoms. The highest BCUT2D eigenvalue weighted by molar-refractivity contribution is 7.92. The number of carbonyl (C=O) groups is 1. The number of amides is 1. The Hall–Kier alpha value is -3.32. The first-order valence-corrected chi connectivity index (χ1v) is 10.9. The van der Waals surface area contributed by atoms with Gasteiger partial charge in [-0.25, -0.2) is 8.42 Å². The molecule has 30 heavy (non-hydrogen) atoms. The standard InChI is InChI=1S/C23H24N2O4S/c1-17-15-19(23(26)25(2)16-18-9-12-20(29-3)13-10-18)11-14-22(17)24-30(27,28)21-7-5-4-6-8-21/h4-15,24H,16H2,1-3H3. The molecule has 0 radical (unpaired) electrons. The lowest BCUT2D eigenvalue weighted by atomic mass is 10.1. The first kappa shape index (κ1) is 21.4. The molecule has 6 nitrogen and oxygen atoms in total. The maximum atomic E-state index is 12.8. The van der Waals surface area contributed by atoms with Gasteiger partial charge in [0.05, 0.1) is 17.7 Å². The first-order valence-electron chi connectivity index (χ1n) is 9.37. The van der Waals surface area contributed by atoms with Gasteiger partial charge in [0.15, 0.2) is 0 Å². The molecular weight excluding hydrogens is 400 g/mol. The van der Waals surface area contributed by atoms with E-state index in [1.54, 1.807) is 62.4 Å². The second kappa shape index (κ2) is 9.00. The van der Waals surface area contributed by atoms with Crippen LogP contribution in [0.15, 0.2) is 77.7 Å². The number of hydrogen-bond donors (Lipinski definition) is 1. The molecule has 1 amide bonds. The Labute approximate surface area is 177 Å². The van der Waals surface area contributed by atoms with Crippen LogP contribution in [-0.4, -0.2) is 33.4 Å². The van der Waals surface area contributed by atoms with Gasteiger partial charge in [0.2, 0.25) is 0 Å². The van der Waals surface area contributed by atoms with Crippen LogP contribution in [0, 0.1) is 6.92 Å². The van der Waals surface area contributed by atoms with Gasteiger partial charge in [-0.05, 0) is 60.5 Å². The highest BCUT2D eigenvalue weighted by atomic mass is 32.2. The Morgan fingerprint density at radius 1 is 1.00 bits per heavy atom. The molecule has 0 saturated heterocycles. The number of methoxy groups -OCH3 is 1. The van der Waals surface area contributed by atoms with Crippen LogP contribution in [0.1, 0.15) is 21.5 Å². The number of hydrogen-bond acceptors (Lipinski definition) is 4. The SMILES string of the molecule is COc1ccc(CN(C)C(=O)c2ccc(NS(=O)(=O)c3ccccc3)c(C)c2)cc1. The van der Waals surface area contributed by atoms with Crippen LogP contribution < -0.4 is 9.46 Å². The number of rotatable bonds is 7. The number of ether oxygens (including phenoxy) is 1. The van der Waals surface area contributed by atoms with E-state index in [9.17, 15) is 13.2 Å². The van der Waals surface area contributed by atoms with Crippen LogP contribution in [0.4, 0.5) is 5.69 Å². The molecule has 0 heterocycles. The highest BCUT2D eigenvalue weighted by Crippen LogP contribution is 2.22. The summed E-state index contributed by atoms with van der Waals surface area (Å²) in [6.45, 7) is 2.22. The van der Waals surface area contributed by atoms with Crippen LogP contribution in [0.2, 0.25) is 0 Å². The van der Waals surface area contributed by atoms with Crippen molar-refractivity contribution in [3.8, 4) is 5.75 Å². The summed E-state index contributed by atoms with van der Waals surface area (Å²) in [6.07, 6.45) is 0. The van der Waals surface area contributed by atoms with Crippen molar-refractivity contribution in [1.82, 2.24) is 4.90 Å². The average molecular weight is 425 g/mol. The fourth-order valence-electron chi connectivity index (χ4n) is 3.01. The lowest BCUT2D eigenvalue weighted by Crippen LogP contribution is -2.26. The lowest BCUT2D eigenvalue weighted by Gasteiger charge is -2.18. The summed E-state index contributed by atoms with van der Waals surface area (Å²) in [6, 6.07) is 20.6. The molecule has 1 N–H and O–H groups in total. The Morgan fingerprint density at radius 2 is 1.67 bits per heavy atom. The van der Waals surface area contributed by atoms with E-state index in [0.717, 1.165) is 11.3 Å². The Morgan fingerprint density at radius 3 is 2.27 bits per heavy atom. The summed E-state index contributed by atoms with van der Waals surface area (Å²) in [5.74, 6) is 0.614. The van der Waals surface area contributed by atoms with E-state index in [0.29, 0.717) is 23.4 Å². The number of aryl methyl sites for hydroxylation is 1. The van der Waals surface area contributed by atoms with Gasteiger partial charge in [-0.3, -0.25) is 9.52 Å². The first-order chi connectivity index (χ1) is 14.3. The van der Waals surface area contributed by atoms with Crippen molar-refractivity contribution < 1.29 is 17.9 Å². The molecule has 156 valence electrons. The largest absolute Gasteiger partial charge is 0.497 e.